The predicted molar refractivity (Wildman–Crippen MR) is 109 cm³/mol. The smallest absolute Gasteiger partial charge is 0.231 e. The molecule has 0 aromatic heterocycles. The fourth-order valence-electron chi connectivity index (χ4n) is 3.40. The Morgan fingerprint density at radius 3 is 2.88 bits per heavy atom. The zero-order valence-corrected chi connectivity index (χ0v) is 17.0. The third-order valence-corrected chi connectivity index (χ3v) is 4.82. The van der Waals surface area contributed by atoms with Gasteiger partial charge in [-0.25, -0.2) is 4.99 Å². The minimum atomic E-state index is 0. The molecule has 1 unspecified atom stereocenters. The highest BCUT2D eigenvalue weighted by atomic mass is 127. The van der Waals surface area contributed by atoms with Gasteiger partial charge in [0.25, 0.3) is 0 Å². The quantitative estimate of drug-likeness (QED) is 0.403. The molecule has 6 nitrogen and oxygen atoms in total. The standard InChI is InChI=1S/C18H26N4O2.HI/c1-2-19-18(21-14-7-8-22(11-14)15-4-5-15)20-10-13-3-6-16-17(9-13)24-12-23-16;/h3,6,9,14-15H,2,4-5,7-8,10-12H2,1H3,(H2,19,20,21);1H. The van der Waals surface area contributed by atoms with Gasteiger partial charge in [-0.1, -0.05) is 6.07 Å². The Kier molecular flexibility index (Phi) is 6.27. The molecule has 2 heterocycles. The minimum Gasteiger partial charge on any atom is -0.454 e. The molecule has 0 bridgehead atoms. The third-order valence-electron chi connectivity index (χ3n) is 4.82. The van der Waals surface area contributed by atoms with Crippen LogP contribution in [0.4, 0.5) is 0 Å². The van der Waals surface area contributed by atoms with Gasteiger partial charge in [0.05, 0.1) is 6.54 Å². The number of halogens is 1. The van der Waals surface area contributed by atoms with Crippen LogP contribution in [0.1, 0.15) is 31.7 Å². The number of hydrogen-bond acceptors (Lipinski definition) is 4. The molecule has 2 N–H and O–H groups in total. The molecule has 1 aromatic carbocycles. The number of aliphatic imine (C=N–C) groups is 1. The maximum Gasteiger partial charge on any atom is 0.231 e. The lowest BCUT2D eigenvalue weighted by Gasteiger charge is -2.18. The van der Waals surface area contributed by atoms with E-state index in [0.717, 1.165) is 42.2 Å². The number of nitrogens with zero attached hydrogens (tertiary/aromatic N) is 2. The zero-order valence-electron chi connectivity index (χ0n) is 14.7. The molecule has 0 spiro atoms. The Morgan fingerprint density at radius 2 is 2.08 bits per heavy atom. The van der Waals surface area contributed by atoms with Crippen molar-refractivity contribution in [2.75, 3.05) is 26.4 Å². The Morgan fingerprint density at radius 1 is 1.24 bits per heavy atom. The van der Waals surface area contributed by atoms with E-state index >= 15 is 0 Å². The van der Waals surface area contributed by atoms with E-state index in [1.165, 1.54) is 25.8 Å². The van der Waals surface area contributed by atoms with Gasteiger partial charge in [0.2, 0.25) is 6.79 Å². The largest absolute Gasteiger partial charge is 0.454 e. The average molecular weight is 458 g/mol. The SMILES string of the molecule is CCNC(=NCc1ccc2c(c1)OCO2)NC1CCN(C2CC2)C1.I. The highest BCUT2D eigenvalue weighted by Gasteiger charge is 2.34. The van der Waals surface area contributed by atoms with Crippen molar-refractivity contribution < 1.29 is 9.47 Å². The number of guanidine groups is 1. The van der Waals surface area contributed by atoms with Gasteiger partial charge in [-0.2, -0.15) is 0 Å². The molecule has 1 aromatic rings. The van der Waals surface area contributed by atoms with Crippen LogP contribution >= 0.6 is 24.0 Å². The summed E-state index contributed by atoms with van der Waals surface area (Å²) in [5.74, 6) is 2.54. The van der Waals surface area contributed by atoms with Gasteiger partial charge in [-0.05, 0) is 43.9 Å². The summed E-state index contributed by atoms with van der Waals surface area (Å²) in [5, 5.41) is 6.95. The lowest BCUT2D eigenvalue weighted by molar-refractivity contribution is 0.174. The second-order valence-corrected chi connectivity index (χ2v) is 6.74. The second kappa shape index (κ2) is 8.44. The predicted octanol–water partition coefficient (Wildman–Crippen LogP) is 2.33. The number of ether oxygens (including phenoxy) is 2. The highest BCUT2D eigenvalue weighted by Crippen LogP contribution is 2.32. The van der Waals surface area contributed by atoms with Crippen LogP contribution in [0.5, 0.6) is 11.5 Å². The highest BCUT2D eigenvalue weighted by molar-refractivity contribution is 14.0. The normalized spacial score (nSPS) is 22.6. The molecular weight excluding hydrogens is 431 g/mol. The maximum absolute atomic E-state index is 5.43. The number of rotatable bonds is 5. The second-order valence-electron chi connectivity index (χ2n) is 6.74. The molecule has 7 heteroatoms. The van der Waals surface area contributed by atoms with E-state index in [0.29, 0.717) is 19.4 Å². The van der Waals surface area contributed by atoms with Crippen molar-refractivity contribution in [2.24, 2.45) is 4.99 Å². The van der Waals surface area contributed by atoms with Crippen LogP contribution in [0.3, 0.4) is 0 Å². The van der Waals surface area contributed by atoms with E-state index in [1.807, 2.05) is 18.2 Å². The van der Waals surface area contributed by atoms with Gasteiger partial charge in [-0.15, -0.1) is 24.0 Å². The summed E-state index contributed by atoms with van der Waals surface area (Å²) in [4.78, 5) is 7.35. The number of fused-ring (bicyclic) bond motifs is 1. The fourth-order valence-corrected chi connectivity index (χ4v) is 3.40. The van der Waals surface area contributed by atoms with Gasteiger partial charge in [0.1, 0.15) is 0 Å². The third kappa shape index (κ3) is 4.69. The molecular formula is C18H27IN4O2. The Balaban J connectivity index is 0.00000182. The van der Waals surface area contributed by atoms with Crippen molar-refractivity contribution in [3.63, 3.8) is 0 Å². The molecule has 0 radical (unpaired) electrons. The first-order valence-electron chi connectivity index (χ1n) is 8.99. The van der Waals surface area contributed by atoms with Gasteiger partial charge in [0.15, 0.2) is 17.5 Å². The molecule has 25 heavy (non-hydrogen) atoms. The van der Waals surface area contributed by atoms with Crippen LogP contribution in [0.15, 0.2) is 23.2 Å². The first kappa shape index (κ1) is 18.6. The molecule has 138 valence electrons. The van der Waals surface area contributed by atoms with E-state index in [4.69, 9.17) is 14.5 Å². The molecule has 1 aliphatic carbocycles. The summed E-state index contributed by atoms with van der Waals surface area (Å²) in [7, 11) is 0. The van der Waals surface area contributed by atoms with E-state index in [9.17, 15) is 0 Å². The summed E-state index contributed by atoms with van der Waals surface area (Å²) in [6.45, 7) is 6.26. The molecule has 2 fully saturated rings. The summed E-state index contributed by atoms with van der Waals surface area (Å²) in [5.41, 5.74) is 1.13. The van der Waals surface area contributed by atoms with Gasteiger partial charge < -0.3 is 20.1 Å². The van der Waals surface area contributed by atoms with Crippen molar-refractivity contribution in [3.05, 3.63) is 23.8 Å². The van der Waals surface area contributed by atoms with Crippen molar-refractivity contribution in [3.8, 4) is 11.5 Å². The van der Waals surface area contributed by atoms with Crippen LogP contribution in [-0.4, -0.2) is 49.4 Å². The van der Waals surface area contributed by atoms with Gasteiger partial charge >= 0.3 is 0 Å². The maximum atomic E-state index is 5.43. The van der Waals surface area contributed by atoms with Crippen LogP contribution in [0, 0.1) is 0 Å². The topological polar surface area (TPSA) is 58.1 Å². The summed E-state index contributed by atoms with van der Waals surface area (Å²) < 4.78 is 10.8. The van der Waals surface area contributed by atoms with Crippen LogP contribution < -0.4 is 20.1 Å². The van der Waals surface area contributed by atoms with Crippen molar-refractivity contribution in [1.29, 1.82) is 0 Å². The van der Waals surface area contributed by atoms with E-state index < -0.39 is 0 Å². The van der Waals surface area contributed by atoms with E-state index in [1.54, 1.807) is 0 Å². The number of nitrogens with one attached hydrogen (secondary N) is 2. The van der Waals surface area contributed by atoms with E-state index in [-0.39, 0.29) is 24.0 Å². The number of hydrogen-bond donors (Lipinski definition) is 2. The molecule has 1 saturated heterocycles. The van der Waals surface area contributed by atoms with E-state index in [2.05, 4.69) is 22.5 Å². The Labute approximate surface area is 166 Å². The molecule has 3 aliphatic rings. The van der Waals surface area contributed by atoms with Crippen molar-refractivity contribution >= 4 is 29.9 Å². The van der Waals surface area contributed by atoms with Crippen LogP contribution in [0.2, 0.25) is 0 Å². The molecule has 4 rings (SSSR count). The number of likely N-dealkylation sites (tertiary alicyclic amines) is 1. The molecule has 0 amide bonds. The first-order chi connectivity index (χ1) is 11.8. The fraction of sp³-hybridized carbons (Fsp3) is 0.611. The number of benzene rings is 1. The first-order valence-corrected chi connectivity index (χ1v) is 8.99. The monoisotopic (exact) mass is 458 g/mol. The Bertz CT molecular complexity index is 621. The van der Waals surface area contributed by atoms with Crippen LogP contribution in [-0.2, 0) is 6.54 Å². The summed E-state index contributed by atoms with van der Waals surface area (Å²) in [6, 6.07) is 7.37. The lowest BCUT2D eigenvalue weighted by Crippen LogP contribution is -2.44. The van der Waals surface area contributed by atoms with Crippen LogP contribution in [0.25, 0.3) is 0 Å². The molecule has 2 aliphatic heterocycles. The summed E-state index contributed by atoms with van der Waals surface area (Å²) in [6.07, 6.45) is 3.96. The van der Waals surface area contributed by atoms with Gasteiger partial charge in [0, 0.05) is 31.7 Å². The van der Waals surface area contributed by atoms with Crippen molar-refractivity contribution in [1.82, 2.24) is 15.5 Å². The zero-order chi connectivity index (χ0) is 16.4. The minimum absolute atomic E-state index is 0. The summed E-state index contributed by atoms with van der Waals surface area (Å²) >= 11 is 0. The molecule has 1 saturated carbocycles. The lowest BCUT2D eigenvalue weighted by atomic mass is 10.2. The van der Waals surface area contributed by atoms with Gasteiger partial charge in [-0.3, -0.25) is 4.90 Å². The van der Waals surface area contributed by atoms with Crippen molar-refractivity contribution in [2.45, 2.75) is 44.8 Å². The average Bonchev–Trinajstić information content (AvgIpc) is 3.16. The molecule has 1 atom stereocenters. The Hall–Kier alpha value is -1.22.